The summed E-state index contributed by atoms with van der Waals surface area (Å²) in [5, 5.41) is 3.01. The molecule has 2 aromatic carbocycles. The second-order valence-electron chi connectivity index (χ2n) is 4.68. The number of nitrogens with one attached hydrogen (secondary N) is 1. The first-order valence-electron chi connectivity index (χ1n) is 6.24. The summed E-state index contributed by atoms with van der Waals surface area (Å²) in [5.41, 5.74) is 2.76. The zero-order valence-corrected chi connectivity index (χ0v) is 13.1. The van der Waals surface area contributed by atoms with Crippen LogP contribution >= 0.6 is 22.6 Å². The molecule has 0 saturated heterocycles. The smallest absolute Gasteiger partial charge is 0.256 e. The average molecular weight is 365 g/mol. The van der Waals surface area contributed by atoms with Gasteiger partial charge in [0.2, 0.25) is 0 Å². The maximum atomic E-state index is 12.3. The fraction of sp³-hybridized carbons (Fsp3) is 0.188. The van der Waals surface area contributed by atoms with Crippen molar-refractivity contribution in [2.24, 2.45) is 0 Å². The Bertz CT molecular complexity index is 593. The first-order chi connectivity index (χ1) is 9.09. The molecule has 98 valence electrons. The zero-order valence-electron chi connectivity index (χ0n) is 11.0. The van der Waals surface area contributed by atoms with E-state index in [4.69, 9.17) is 0 Å². The van der Waals surface area contributed by atoms with Gasteiger partial charge in [0.1, 0.15) is 0 Å². The summed E-state index contributed by atoms with van der Waals surface area (Å²) in [6, 6.07) is 15.5. The lowest BCUT2D eigenvalue weighted by Crippen LogP contribution is -2.14. The standard InChI is InChI=1S/C16H16INO/c1-11(2)12-7-4-6-10-15(12)18-16(19)13-8-3-5-9-14(13)17/h3-11H,1-2H3,(H,18,19). The van der Waals surface area contributed by atoms with Crippen molar-refractivity contribution in [2.75, 3.05) is 5.32 Å². The van der Waals surface area contributed by atoms with E-state index in [0.29, 0.717) is 11.5 Å². The maximum absolute atomic E-state index is 12.3. The average Bonchev–Trinajstić information content (AvgIpc) is 2.39. The van der Waals surface area contributed by atoms with Gasteiger partial charge in [-0.05, 0) is 52.3 Å². The summed E-state index contributed by atoms with van der Waals surface area (Å²) >= 11 is 2.18. The fourth-order valence-electron chi connectivity index (χ4n) is 1.95. The largest absolute Gasteiger partial charge is 0.322 e. The van der Waals surface area contributed by atoms with Crippen molar-refractivity contribution in [1.82, 2.24) is 0 Å². The summed E-state index contributed by atoms with van der Waals surface area (Å²) in [6.45, 7) is 4.24. The molecule has 1 N–H and O–H groups in total. The van der Waals surface area contributed by atoms with Crippen LogP contribution in [0.15, 0.2) is 48.5 Å². The number of para-hydroxylation sites is 1. The number of benzene rings is 2. The molecule has 0 saturated carbocycles. The first kappa shape index (κ1) is 14.1. The summed E-state index contributed by atoms with van der Waals surface area (Å²) in [6.07, 6.45) is 0. The predicted octanol–water partition coefficient (Wildman–Crippen LogP) is 4.67. The van der Waals surface area contributed by atoms with Crippen molar-refractivity contribution in [2.45, 2.75) is 19.8 Å². The van der Waals surface area contributed by atoms with Crippen molar-refractivity contribution < 1.29 is 4.79 Å². The van der Waals surface area contributed by atoms with Crippen molar-refractivity contribution in [3.05, 3.63) is 63.2 Å². The van der Waals surface area contributed by atoms with Gasteiger partial charge in [-0.1, -0.05) is 44.2 Å². The molecule has 0 atom stereocenters. The quantitative estimate of drug-likeness (QED) is 0.788. The molecule has 2 aromatic rings. The molecule has 0 heterocycles. The Morgan fingerprint density at radius 2 is 1.68 bits per heavy atom. The minimum absolute atomic E-state index is 0.0573. The van der Waals surface area contributed by atoms with E-state index in [1.165, 1.54) is 0 Å². The Labute approximate surface area is 127 Å². The van der Waals surface area contributed by atoms with Crippen LogP contribution in [0, 0.1) is 3.57 Å². The molecular weight excluding hydrogens is 349 g/mol. The van der Waals surface area contributed by atoms with E-state index in [1.54, 1.807) is 0 Å². The molecule has 0 bridgehead atoms. The number of carbonyl (C=O) groups is 1. The number of rotatable bonds is 3. The predicted molar refractivity (Wildman–Crippen MR) is 87.6 cm³/mol. The molecule has 0 unspecified atom stereocenters. The molecule has 0 spiro atoms. The molecular formula is C16H16INO. The second kappa shape index (κ2) is 6.19. The molecule has 0 radical (unpaired) electrons. The van der Waals surface area contributed by atoms with E-state index in [1.807, 2.05) is 42.5 Å². The Balaban J connectivity index is 2.27. The highest BCUT2D eigenvalue weighted by Crippen LogP contribution is 2.24. The minimum Gasteiger partial charge on any atom is -0.322 e. The number of amides is 1. The SMILES string of the molecule is CC(C)c1ccccc1NC(=O)c1ccccc1I. The van der Waals surface area contributed by atoms with Crippen LogP contribution < -0.4 is 5.32 Å². The van der Waals surface area contributed by atoms with E-state index < -0.39 is 0 Å². The number of hydrogen-bond donors (Lipinski definition) is 1. The van der Waals surface area contributed by atoms with Gasteiger partial charge in [-0.2, -0.15) is 0 Å². The van der Waals surface area contributed by atoms with Gasteiger partial charge < -0.3 is 5.32 Å². The Hall–Kier alpha value is -1.36. The van der Waals surface area contributed by atoms with Crippen molar-refractivity contribution in [1.29, 1.82) is 0 Å². The Morgan fingerprint density at radius 1 is 1.05 bits per heavy atom. The molecule has 0 aromatic heterocycles. The van der Waals surface area contributed by atoms with Gasteiger partial charge >= 0.3 is 0 Å². The molecule has 1 amide bonds. The van der Waals surface area contributed by atoms with E-state index in [2.05, 4.69) is 47.8 Å². The summed E-state index contributed by atoms with van der Waals surface area (Å²) in [4.78, 5) is 12.3. The second-order valence-corrected chi connectivity index (χ2v) is 5.84. The van der Waals surface area contributed by atoms with E-state index in [0.717, 1.165) is 14.8 Å². The van der Waals surface area contributed by atoms with Gasteiger partial charge in [-0.3, -0.25) is 4.79 Å². The minimum atomic E-state index is -0.0573. The Morgan fingerprint density at radius 3 is 2.37 bits per heavy atom. The highest BCUT2D eigenvalue weighted by Gasteiger charge is 2.12. The van der Waals surface area contributed by atoms with E-state index in [9.17, 15) is 4.79 Å². The van der Waals surface area contributed by atoms with Crippen LogP contribution in [-0.4, -0.2) is 5.91 Å². The Kier molecular flexibility index (Phi) is 4.58. The van der Waals surface area contributed by atoms with E-state index >= 15 is 0 Å². The molecule has 0 fully saturated rings. The number of carbonyl (C=O) groups excluding carboxylic acids is 1. The van der Waals surface area contributed by atoms with Gasteiger partial charge in [0.05, 0.1) is 5.56 Å². The molecule has 3 heteroatoms. The van der Waals surface area contributed by atoms with Crippen molar-refractivity contribution >= 4 is 34.2 Å². The van der Waals surface area contributed by atoms with Crippen molar-refractivity contribution in [3.8, 4) is 0 Å². The van der Waals surface area contributed by atoms with Crippen LogP contribution in [0.4, 0.5) is 5.69 Å². The zero-order chi connectivity index (χ0) is 13.8. The molecule has 2 nitrogen and oxygen atoms in total. The van der Waals surface area contributed by atoms with Crippen LogP contribution in [0.1, 0.15) is 35.7 Å². The number of anilines is 1. The third-order valence-corrected chi connectivity index (χ3v) is 3.89. The van der Waals surface area contributed by atoms with Crippen molar-refractivity contribution in [3.63, 3.8) is 0 Å². The lowest BCUT2D eigenvalue weighted by atomic mass is 10.0. The van der Waals surface area contributed by atoms with Gasteiger partial charge in [-0.15, -0.1) is 0 Å². The molecule has 19 heavy (non-hydrogen) atoms. The third kappa shape index (κ3) is 3.35. The van der Waals surface area contributed by atoms with Gasteiger partial charge in [-0.25, -0.2) is 0 Å². The molecule has 0 aliphatic rings. The third-order valence-electron chi connectivity index (χ3n) is 2.95. The lowest BCUT2D eigenvalue weighted by Gasteiger charge is -2.14. The van der Waals surface area contributed by atoms with Gasteiger partial charge in [0, 0.05) is 9.26 Å². The monoisotopic (exact) mass is 365 g/mol. The highest BCUT2D eigenvalue weighted by atomic mass is 127. The van der Waals surface area contributed by atoms with Crippen LogP contribution in [-0.2, 0) is 0 Å². The summed E-state index contributed by atoms with van der Waals surface area (Å²) in [7, 11) is 0. The lowest BCUT2D eigenvalue weighted by molar-refractivity contribution is 0.102. The maximum Gasteiger partial charge on any atom is 0.256 e. The highest BCUT2D eigenvalue weighted by molar-refractivity contribution is 14.1. The van der Waals surface area contributed by atoms with Crippen LogP contribution in [0.2, 0.25) is 0 Å². The fourth-order valence-corrected chi connectivity index (χ4v) is 2.58. The summed E-state index contributed by atoms with van der Waals surface area (Å²) in [5.74, 6) is 0.324. The topological polar surface area (TPSA) is 29.1 Å². The molecule has 0 aliphatic carbocycles. The number of halogens is 1. The van der Waals surface area contributed by atoms with E-state index in [-0.39, 0.29) is 5.91 Å². The molecule has 2 rings (SSSR count). The molecule has 0 aliphatic heterocycles. The van der Waals surface area contributed by atoms with Crippen LogP contribution in [0.5, 0.6) is 0 Å². The number of hydrogen-bond acceptors (Lipinski definition) is 1. The van der Waals surface area contributed by atoms with Gasteiger partial charge in [0.15, 0.2) is 0 Å². The van der Waals surface area contributed by atoms with Crippen LogP contribution in [0.25, 0.3) is 0 Å². The van der Waals surface area contributed by atoms with Crippen LogP contribution in [0.3, 0.4) is 0 Å². The summed E-state index contributed by atoms with van der Waals surface area (Å²) < 4.78 is 0.958. The normalized spacial score (nSPS) is 10.5. The van der Waals surface area contributed by atoms with Gasteiger partial charge in [0.25, 0.3) is 5.91 Å². The first-order valence-corrected chi connectivity index (χ1v) is 7.32.